The first-order valence-electron chi connectivity index (χ1n) is 4.90. The van der Waals surface area contributed by atoms with Crippen LogP contribution in [0.3, 0.4) is 0 Å². The van der Waals surface area contributed by atoms with Crippen molar-refractivity contribution in [2.45, 2.75) is 18.6 Å². The quantitative estimate of drug-likeness (QED) is 0.819. The van der Waals surface area contributed by atoms with Gasteiger partial charge in [0.1, 0.15) is 11.9 Å². The molecule has 2 atom stereocenters. The van der Waals surface area contributed by atoms with E-state index in [1.807, 2.05) is 12.1 Å². The van der Waals surface area contributed by atoms with Crippen molar-refractivity contribution in [2.24, 2.45) is 0 Å². The van der Waals surface area contributed by atoms with Crippen LogP contribution < -0.4 is 4.74 Å². The van der Waals surface area contributed by atoms with E-state index in [4.69, 9.17) is 4.74 Å². The van der Waals surface area contributed by atoms with Gasteiger partial charge in [-0.15, -0.1) is 0 Å². The number of alkyl halides is 1. The lowest BCUT2D eigenvalue weighted by Crippen LogP contribution is -2.19. The molecule has 3 nitrogen and oxygen atoms in total. The lowest BCUT2D eigenvalue weighted by Gasteiger charge is -2.16. The minimum absolute atomic E-state index is 0.363. The average Bonchev–Trinajstić information content (AvgIpc) is 2.73. The number of aliphatic hydroxyl groups excluding tert-OH is 2. The SMILES string of the molecule is OC(CBr)C(O)c1ccc2c(c1)CCO2. The van der Waals surface area contributed by atoms with Gasteiger partial charge in [0.25, 0.3) is 0 Å². The Balaban J connectivity index is 2.22. The second-order valence-electron chi connectivity index (χ2n) is 3.63. The Kier molecular flexibility index (Phi) is 3.29. The average molecular weight is 273 g/mol. The van der Waals surface area contributed by atoms with Crippen LogP contribution in [-0.4, -0.2) is 28.3 Å². The van der Waals surface area contributed by atoms with Gasteiger partial charge in [-0.1, -0.05) is 22.0 Å². The molecule has 1 heterocycles. The van der Waals surface area contributed by atoms with E-state index in [-0.39, 0.29) is 0 Å². The molecule has 15 heavy (non-hydrogen) atoms. The molecule has 0 aliphatic carbocycles. The van der Waals surface area contributed by atoms with E-state index in [1.165, 1.54) is 0 Å². The standard InChI is InChI=1S/C11H13BrO3/c12-6-9(13)11(14)8-1-2-10-7(5-8)3-4-15-10/h1-2,5,9,11,13-14H,3-4,6H2. The van der Waals surface area contributed by atoms with Crippen molar-refractivity contribution >= 4 is 15.9 Å². The molecule has 1 aromatic carbocycles. The van der Waals surface area contributed by atoms with Crippen molar-refractivity contribution in [3.05, 3.63) is 29.3 Å². The molecule has 2 rings (SSSR count). The molecular formula is C11H13BrO3. The van der Waals surface area contributed by atoms with Gasteiger partial charge in [-0.05, 0) is 23.3 Å². The summed E-state index contributed by atoms with van der Waals surface area (Å²) in [6, 6.07) is 5.54. The van der Waals surface area contributed by atoms with Crippen LogP contribution in [0.15, 0.2) is 18.2 Å². The third-order valence-electron chi connectivity index (χ3n) is 2.58. The van der Waals surface area contributed by atoms with E-state index in [2.05, 4.69) is 15.9 Å². The highest BCUT2D eigenvalue weighted by atomic mass is 79.9. The van der Waals surface area contributed by atoms with Gasteiger partial charge in [0.15, 0.2) is 0 Å². The van der Waals surface area contributed by atoms with Crippen LogP contribution in [0, 0.1) is 0 Å². The van der Waals surface area contributed by atoms with Crippen molar-refractivity contribution < 1.29 is 14.9 Å². The molecule has 82 valence electrons. The number of hydrogen-bond acceptors (Lipinski definition) is 3. The molecule has 4 heteroatoms. The summed E-state index contributed by atoms with van der Waals surface area (Å²) in [5.41, 5.74) is 1.85. The predicted molar refractivity (Wildman–Crippen MR) is 60.4 cm³/mol. The van der Waals surface area contributed by atoms with Gasteiger partial charge in [0.05, 0.1) is 12.7 Å². The summed E-state index contributed by atoms with van der Waals surface area (Å²) in [4.78, 5) is 0. The van der Waals surface area contributed by atoms with Gasteiger partial charge >= 0.3 is 0 Å². The van der Waals surface area contributed by atoms with Crippen molar-refractivity contribution in [3.63, 3.8) is 0 Å². The van der Waals surface area contributed by atoms with Gasteiger partial charge in [-0.2, -0.15) is 0 Å². The molecule has 0 spiro atoms. The van der Waals surface area contributed by atoms with Crippen molar-refractivity contribution in [1.82, 2.24) is 0 Å². The highest BCUT2D eigenvalue weighted by molar-refractivity contribution is 9.09. The van der Waals surface area contributed by atoms with Gasteiger partial charge < -0.3 is 14.9 Å². The number of rotatable bonds is 3. The number of aliphatic hydroxyl groups is 2. The third-order valence-corrected chi connectivity index (χ3v) is 3.24. The highest BCUT2D eigenvalue weighted by Gasteiger charge is 2.20. The van der Waals surface area contributed by atoms with Gasteiger partial charge in [-0.3, -0.25) is 0 Å². The molecule has 0 amide bonds. The van der Waals surface area contributed by atoms with Crippen LogP contribution in [0.5, 0.6) is 5.75 Å². The summed E-state index contributed by atoms with van der Waals surface area (Å²) in [5.74, 6) is 0.888. The Morgan fingerprint density at radius 2 is 2.20 bits per heavy atom. The molecule has 0 saturated heterocycles. The third kappa shape index (κ3) is 2.17. The maximum absolute atomic E-state index is 9.80. The lowest BCUT2D eigenvalue weighted by atomic mass is 10.0. The molecule has 2 N–H and O–H groups in total. The molecule has 0 saturated carbocycles. The number of ether oxygens (including phenoxy) is 1. The van der Waals surface area contributed by atoms with E-state index >= 15 is 0 Å². The second kappa shape index (κ2) is 4.51. The molecule has 1 aromatic rings. The smallest absolute Gasteiger partial charge is 0.122 e. The monoisotopic (exact) mass is 272 g/mol. The largest absolute Gasteiger partial charge is 0.493 e. The van der Waals surface area contributed by atoms with Crippen LogP contribution in [0.4, 0.5) is 0 Å². The maximum Gasteiger partial charge on any atom is 0.122 e. The summed E-state index contributed by atoms with van der Waals surface area (Å²) < 4.78 is 5.37. The number of fused-ring (bicyclic) bond motifs is 1. The van der Waals surface area contributed by atoms with E-state index in [0.29, 0.717) is 11.9 Å². The van der Waals surface area contributed by atoms with Crippen LogP contribution in [0.2, 0.25) is 0 Å². The fraction of sp³-hybridized carbons (Fsp3) is 0.455. The first-order valence-corrected chi connectivity index (χ1v) is 6.02. The zero-order valence-electron chi connectivity index (χ0n) is 8.19. The molecule has 1 aliphatic heterocycles. The van der Waals surface area contributed by atoms with Crippen LogP contribution in [-0.2, 0) is 6.42 Å². The second-order valence-corrected chi connectivity index (χ2v) is 4.28. The minimum atomic E-state index is -0.838. The Hall–Kier alpha value is -0.580. The van der Waals surface area contributed by atoms with E-state index in [1.54, 1.807) is 6.07 Å². The molecule has 0 fully saturated rings. The normalized spacial score (nSPS) is 18.1. The molecule has 2 unspecified atom stereocenters. The maximum atomic E-state index is 9.80. The summed E-state index contributed by atoms with van der Waals surface area (Å²) in [7, 11) is 0. The Morgan fingerprint density at radius 1 is 1.40 bits per heavy atom. The number of benzene rings is 1. The Bertz CT molecular complexity index is 354. The molecule has 0 radical (unpaired) electrons. The zero-order chi connectivity index (χ0) is 10.8. The van der Waals surface area contributed by atoms with E-state index < -0.39 is 12.2 Å². The Morgan fingerprint density at radius 3 is 2.93 bits per heavy atom. The van der Waals surface area contributed by atoms with Gasteiger partial charge in [0, 0.05) is 11.8 Å². The first-order chi connectivity index (χ1) is 7.22. The zero-order valence-corrected chi connectivity index (χ0v) is 9.77. The lowest BCUT2D eigenvalue weighted by molar-refractivity contribution is 0.0342. The molecule has 0 bridgehead atoms. The summed E-state index contributed by atoms with van der Waals surface area (Å²) in [5, 5.41) is 19.7. The van der Waals surface area contributed by atoms with Crippen molar-refractivity contribution in [3.8, 4) is 5.75 Å². The predicted octanol–water partition coefficient (Wildman–Crippen LogP) is 1.41. The first kappa shape index (κ1) is 10.9. The minimum Gasteiger partial charge on any atom is -0.493 e. The topological polar surface area (TPSA) is 49.7 Å². The van der Waals surface area contributed by atoms with Crippen LogP contribution in [0.1, 0.15) is 17.2 Å². The molecular weight excluding hydrogens is 260 g/mol. The van der Waals surface area contributed by atoms with Crippen molar-refractivity contribution in [2.75, 3.05) is 11.9 Å². The molecule has 0 aromatic heterocycles. The summed E-state index contributed by atoms with van der Waals surface area (Å²) in [6.45, 7) is 0.704. The number of halogens is 1. The van der Waals surface area contributed by atoms with Crippen molar-refractivity contribution in [1.29, 1.82) is 0 Å². The number of hydrogen-bond donors (Lipinski definition) is 2. The van der Waals surface area contributed by atoms with E-state index in [9.17, 15) is 10.2 Å². The summed E-state index contributed by atoms with van der Waals surface area (Å²) in [6.07, 6.45) is -0.735. The molecule has 1 aliphatic rings. The van der Waals surface area contributed by atoms with Crippen LogP contribution in [0.25, 0.3) is 0 Å². The summed E-state index contributed by atoms with van der Waals surface area (Å²) >= 11 is 3.14. The van der Waals surface area contributed by atoms with Crippen LogP contribution >= 0.6 is 15.9 Å². The Labute approximate surface area is 96.8 Å². The highest BCUT2D eigenvalue weighted by Crippen LogP contribution is 2.29. The van der Waals surface area contributed by atoms with Gasteiger partial charge in [-0.25, -0.2) is 0 Å². The fourth-order valence-corrected chi connectivity index (χ4v) is 2.05. The van der Waals surface area contributed by atoms with E-state index in [0.717, 1.165) is 23.3 Å². The fourth-order valence-electron chi connectivity index (χ4n) is 1.70. The van der Waals surface area contributed by atoms with Gasteiger partial charge in [0.2, 0.25) is 0 Å².